The Bertz CT molecular complexity index is 1210. The number of nitrogens with one attached hydrogen (secondary N) is 1. The molecule has 10 heteroatoms. The van der Waals surface area contributed by atoms with Gasteiger partial charge in [0.05, 0.1) is 12.3 Å². The Morgan fingerprint density at radius 1 is 1.06 bits per heavy atom. The molecule has 0 saturated carbocycles. The molecule has 3 aromatic rings. The number of hydrogen-bond donors (Lipinski definition) is 1. The van der Waals surface area contributed by atoms with E-state index in [1.54, 1.807) is 11.2 Å². The standard InChI is InChI=1S/C23H26N6O4/c1-2-33-18-5-3-17(4-6-18)19-15-20(25-16-24-19)27-11-13-28(14-12-27)22(31)8-10-29-9-7-21(30)26-23(29)32/h3-7,9,15-16H,2,8,10-14H2,1H3,(H,26,30,32). The highest BCUT2D eigenvalue weighted by molar-refractivity contribution is 5.76. The van der Waals surface area contributed by atoms with Crippen molar-refractivity contribution in [1.82, 2.24) is 24.4 Å². The number of carbonyl (C=O) groups excluding carboxylic acids is 1. The summed E-state index contributed by atoms with van der Waals surface area (Å²) in [4.78, 5) is 50.4. The van der Waals surface area contributed by atoms with Crippen LogP contribution >= 0.6 is 0 Å². The van der Waals surface area contributed by atoms with Gasteiger partial charge in [-0.15, -0.1) is 0 Å². The fraction of sp³-hybridized carbons (Fsp3) is 0.348. The second-order valence-electron chi connectivity index (χ2n) is 7.64. The number of hydrogen-bond acceptors (Lipinski definition) is 7. The first-order chi connectivity index (χ1) is 16.0. The molecule has 172 valence electrons. The number of nitrogens with zero attached hydrogens (tertiary/aromatic N) is 5. The van der Waals surface area contributed by atoms with Crippen LogP contribution in [0, 0.1) is 0 Å². The summed E-state index contributed by atoms with van der Waals surface area (Å²) in [5.41, 5.74) is 0.850. The van der Waals surface area contributed by atoms with E-state index in [1.807, 2.05) is 37.3 Å². The second kappa shape index (κ2) is 10.1. The normalized spacial score (nSPS) is 13.7. The number of aromatic nitrogens is 4. The number of ether oxygens (including phenoxy) is 1. The van der Waals surface area contributed by atoms with Crippen molar-refractivity contribution in [2.75, 3.05) is 37.7 Å². The molecule has 0 bridgehead atoms. The molecule has 1 aromatic carbocycles. The van der Waals surface area contributed by atoms with Crippen LogP contribution in [0.25, 0.3) is 11.3 Å². The van der Waals surface area contributed by atoms with Crippen molar-refractivity contribution < 1.29 is 9.53 Å². The first-order valence-electron chi connectivity index (χ1n) is 10.9. The minimum absolute atomic E-state index is 0.0227. The van der Waals surface area contributed by atoms with E-state index < -0.39 is 11.2 Å². The van der Waals surface area contributed by atoms with Gasteiger partial charge in [0.15, 0.2) is 0 Å². The van der Waals surface area contributed by atoms with Crippen LogP contribution in [0.5, 0.6) is 5.75 Å². The highest BCUT2D eigenvalue weighted by Crippen LogP contribution is 2.24. The number of aryl methyl sites for hydroxylation is 1. The van der Waals surface area contributed by atoms with Gasteiger partial charge >= 0.3 is 5.69 Å². The maximum Gasteiger partial charge on any atom is 0.328 e. The van der Waals surface area contributed by atoms with Crippen LogP contribution in [0.2, 0.25) is 0 Å². The van der Waals surface area contributed by atoms with E-state index in [1.165, 1.54) is 16.8 Å². The molecule has 1 aliphatic rings. The number of H-pyrrole nitrogens is 1. The number of amides is 1. The topological polar surface area (TPSA) is 113 Å². The average molecular weight is 450 g/mol. The lowest BCUT2D eigenvalue weighted by Crippen LogP contribution is -2.49. The van der Waals surface area contributed by atoms with E-state index in [2.05, 4.69) is 19.9 Å². The van der Waals surface area contributed by atoms with Gasteiger partial charge in [-0.25, -0.2) is 14.8 Å². The van der Waals surface area contributed by atoms with Gasteiger partial charge in [0.1, 0.15) is 17.9 Å². The molecule has 0 aliphatic carbocycles. The van der Waals surface area contributed by atoms with Crippen molar-refractivity contribution >= 4 is 11.7 Å². The lowest BCUT2D eigenvalue weighted by atomic mass is 10.1. The molecule has 33 heavy (non-hydrogen) atoms. The molecule has 0 spiro atoms. The predicted molar refractivity (Wildman–Crippen MR) is 123 cm³/mol. The van der Waals surface area contributed by atoms with Crippen LogP contribution in [0.3, 0.4) is 0 Å². The Balaban J connectivity index is 1.33. The Morgan fingerprint density at radius 3 is 2.52 bits per heavy atom. The number of carbonyl (C=O) groups is 1. The summed E-state index contributed by atoms with van der Waals surface area (Å²) < 4.78 is 6.83. The molecule has 1 aliphatic heterocycles. The lowest BCUT2D eigenvalue weighted by Gasteiger charge is -2.35. The molecular formula is C23H26N6O4. The van der Waals surface area contributed by atoms with E-state index in [9.17, 15) is 14.4 Å². The molecule has 1 saturated heterocycles. The molecule has 4 rings (SSSR count). The third kappa shape index (κ3) is 5.46. The quantitative estimate of drug-likeness (QED) is 0.574. The maximum atomic E-state index is 12.6. The molecule has 2 aromatic heterocycles. The zero-order valence-corrected chi connectivity index (χ0v) is 18.4. The summed E-state index contributed by atoms with van der Waals surface area (Å²) >= 11 is 0. The first kappa shape index (κ1) is 22.3. The van der Waals surface area contributed by atoms with Crippen LogP contribution in [0.4, 0.5) is 5.82 Å². The lowest BCUT2D eigenvalue weighted by molar-refractivity contribution is -0.131. The first-order valence-corrected chi connectivity index (χ1v) is 10.9. The number of piperazine rings is 1. The number of anilines is 1. The van der Waals surface area contributed by atoms with Gasteiger partial charge < -0.3 is 19.1 Å². The number of benzene rings is 1. The van der Waals surface area contributed by atoms with Crippen molar-refractivity contribution in [3.63, 3.8) is 0 Å². The highest BCUT2D eigenvalue weighted by atomic mass is 16.5. The van der Waals surface area contributed by atoms with Crippen LogP contribution < -0.4 is 20.9 Å². The number of rotatable bonds is 7. The molecular weight excluding hydrogens is 424 g/mol. The molecule has 1 N–H and O–H groups in total. The minimum Gasteiger partial charge on any atom is -0.494 e. The summed E-state index contributed by atoms with van der Waals surface area (Å²) in [5.74, 6) is 1.62. The Kier molecular flexibility index (Phi) is 6.82. The Morgan fingerprint density at radius 2 is 1.82 bits per heavy atom. The molecule has 0 radical (unpaired) electrons. The third-order valence-corrected chi connectivity index (χ3v) is 5.53. The van der Waals surface area contributed by atoms with Gasteiger partial charge in [-0.2, -0.15) is 0 Å². The SMILES string of the molecule is CCOc1ccc(-c2cc(N3CCN(C(=O)CCn4ccc(=O)[nH]c4=O)CC3)ncn2)cc1. The van der Waals surface area contributed by atoms with Crippen molar-refractivity contribution in [1.29, 1.82) is 0 Å². The summed E-state index contributed by atoms with van der Waals surface area (Å²) in [6, 6.07) is 11.0. The zero-order chi connectivity index (χ0) is 23.2. The van der Waals surface area contributed by atoms with Crippen molar-refractivity contribution in [2.45, 2.75) is 19.9 Å². The minimum atomic E-state index is -0.507. The van der Waals surface area contributed by atoms with Gasteiger partial charge in [0.2, 0.25) is 5.91 Å². The zero-order valence-electron chi connectivity index (χ0n) is 18.4. The summed E-state index contributed by atoms with van der Waals surface area (Å²) in [5, 5.41) is 0. The van der Waals surface area contributed by atoms with Crippen LogP contribution in [0.15, 0.2) is 58.5 Å². The van der Waals surface area contributed by atoms with Gasteiger partial charge in [-0.1, -0.05) is 0 Å². The second-order valence-corrected chi connectivity index (χ2v) is 7.64. The predicted octanol–water partition coefficient (Wildman–Crippen LogP) is 1.13. The molecule has 1 fully saturated rings. The Labute approximate surface area is 190 Å². The van der Waals surface area contributed by atoms with Gasteiger partial charge in [-0.05, 0) is 31.2 Å². The van der Waals surface area contributed by atoms with E-state index >= 15 is 0 Å². The van der Waals surface area contributed by atoms with E-state index in [0.29, 0.717) is 32.8 Å². The van der Waals surface area contributed by atoms with Crippen LogP contribution in [-0.2, 0) is 11.3 Å². The fourth-order valence-corrected chi connectivity index (χ4v) is 3.75. The maximum absolute atomic E-state index is 12.6. The van der Waals surface area contributed by atoms with E-state index in [0.717, 1.165) is 22.8 Å². The average Bonchev–Trinajstić information content (AvgIpc) is 2.84. The van der Waals surface area contributed by atoms with Crippen molar-refractivity contribution in [3.05, 3.63) is 69.8 Å². The summed E-state index contributed by atoms with van der Waals surface area (Å²) in [6.07, 6.45) is 3.16. The van der Waals surface area contributed by atoms with Gasteiger partial charge in [-0.3, -0.25) is 14.6 Å². The van der Waals surface area contributed by atoms with Crippen molar-refractivity contribution in [2.24, 2.45) is 0 Å². The summed E-state index contributed by atoms with van der Waals surface area (Å²) in [6.45, 7) is 5.26. The van der Waals surface area contributed by atoms with Crippen LogP contribution in [0.1, 0.15) is 13.3 Å². The Hall–Kier alpha value is -3.95. The molecule has 0 unspecified atom stereocenters. The number of aromatic amines is 1. The van der Waals surface area contributed by atoms with Gasteiger partial charge in [0, 0.05) is 63.0 Å². The highest BCUT2D eigenvalue weighted by Gasteiger charge is 2.22. The molecule has 0 atom stereocenters. The van der Waals surface area contributed by atoms with Crippen LogP contribution in [-0.4, -0.2) is 63.1 Å². The third-order valence-electron chi connectivity index (χ3n) is 5.53. The fourth-order valence-electron chi connectivity index (χ4n) is 3.75. The van der Waals surface area contributed by atoms with Crippen molar-refractivity contribution in [3.8, 4) is 17.0 Å². The van der Waals surface area contributed by atoms with E-state index in [-0.39, 0.29) is 18.9 Å². The molecule has 3 heterocycles. The smallest absolute Gasteiger partial charge is 0.328 e. The largest absolute Gasteiger partial charge is 0.494 e. The van der Waals surface area contributed by atoms with E-state index in [4.69, 9.17) is 4.74 Å². The summed E-state index contributed by atoms with van der Waals surface area (Å²) in [7, 11) is 0. The van der Waals surface area contributed by atoms with Gasteiger partial charge in [0.25, 0.3) is 5.56 Å². The monoisotopic (exact) mass is 450 g/mol. The molecule has 1 amide bonds. The molecule has 10 nitrogen and oxygen atoms in total.